The molecule has 0 aromatic heterocycles. The molecule has 6 nitrogen and oxygen atoms in total. The van der Waals surface area contributed by atoms with Gasteiger partial charge in [-0.2, -0.15) is 4.72 Å². The summed E-state index contributed by atoms with van der Waals surface area (Å²) in [5.41, 5.74) is 0. The van der Waals surface area contributed by atoms with Crippen LogP contribution in [0.5, 0.6) is 11.5 Å². The fraction of sp³-hybridized carbons (Fsp3) is 0.188. The van der Waals surface area contributed by atoms with Crippen molar-refractivity contribution in [3.63, 3.8) is 0 Å². The van der Waals surface area contributed by atoms with Gasteiger partial charge in [-0.3, -0.25) is 4.79 Å². The fourth-order valence-corrected chi connectivity index (χ4v) is 3.30. The van der Waals surface area contributed by atoms with Crippen molar-refractivity contribution < 1.29 is 22.7 Å². The maximum absolute atomic E-state index is 12.2. The highest BCUT2D eigenvalue weighted by Gasteiger charge is 2.28. The van der Waals surface area contributed by atoms with Crippen LogP contribution < -0.4 is 9.46 Å². The molecule has 0 radical (unpaired) electrons. The molecule has 1 aliphatic heterocycles. The Hall–Kier alpha value is -2.38. The third-order valence-corrected chi connectivity index (χ3v) is 4.75. The topological polar surface area (TPSA) is 81.7 Å². The van der Waals surface area contributed by atoms with E-state index in [1.807, 2.05) is 18.2 Å². The lowest BCUT2D eigenvalue weighted by molar-refractivity contribution is -0.141. The Morgan fingerprint density at radius 1 is 1.00 bits per heavy atom. The minimum Gasteiger partial charge on any atom is -0.457 e. The van der Waals surface area contributed by atoms with Crippen LogP contribution in [0, 0.1) is 0 Å². The Kier molecular flexibility index (Phi) is 4.31. The molecule has 1 saturated heterocycles. The Labute approximate surface area is 134 Å². The van der Waals surface area contributed by atoms with Crippen LogP contribution in [0.3, 0.4) is 0 Å². The summed E-state index contributed by atoms with van der Waals surface area (Å²) in [7, 11) is -3.74. The van der Waals surface area contributed by atoms with Gasteiger partial charge in [-0.15, -0.1) is 0 Å². The van der Waals surface area contributed by atoms with E-state index in [9.17, 15) is 13.2 Å². The van der Waals surface area contributed by atoms with Crippen molar-refractivity contribution >= 4 is 16.0 Å². The van der Waals surface area contributed by atoms with Crippen LogP contribution >= 0.6 is 0 Å². The van der Waals surface area contributed by atoms with E-state index in [-0.39, 0.29) is 11.3 Å². The summed E-state index contributed by atoms with van der Waals surface area (Å²) in [5, 5.41) is 0. The number of sulfonamides is 1. The molecule has 0 aliphatic carbocycles. The summed E-state index contributed by atoms with van der Waals surface area (Å²) in [6.07, 6.45) is -0.239. The lowest BCUT2D eigenvalue weighted by Crippen LogP contribution is -2.34. The SMILES string of the molecule is O=C1CCC(NS(=O)(=O)c2ccc(Oc3ccccc3)cc2)O1. The van der Waals surface area contributed by atoms with E-state index in [1.165, 1.54) is 12.1 Å². The van der Waals surface area contributed by atoms with Gasteiger partial charge in [-0.1, -0.05) is 18.2 Å². The van der Waals surface area contributed by atoms with Crippen LogP contribution in [-0.2, 0) is 19.6 Å². The largest absolute Gasteiger partial charge is 0.457 e. The molecule has 1 aliphatic rings. The predicted octanol–water partition coefficient (Wildman–Crippen LogP) is 2.42. The minimum atomic E-state index is -3.74. The standard InChI is InChI=1S/C16H15NO5S/c18-16-11-10-15(22-16)17-23(19,20)14-8-6-13(7-9-14)21-12-4-2-1-3-5-12/h1-9,15,17H,10-11H2. The minimum absolute atomic E-state index is 0.0841. The van der Waals surface area contributed by atoms with Crippen molar-refractivity contribution in [2.75, 3.05) is 0 Å². The summed E-state index contributed by atoms with van der Waals surface area (Å²) in [6, 6.07) is 15.2. The first kappa shape index (κ1) is 15.5. The monoisotopic (exact) mass is 333 g/mol. The van der Waals surface area contributed by atoms with Gasteiger partial charge in [0.15, 0.2) is 6.23 Å². The maximum Gasteiger partial charge on any atom is 0.307 e. The van der Waals surface area contributed by atoms with Crippen molar-refractivity contribution in [1.82, 2.24) is 4.72 Å². The van der Waals surface area contributed by atoms with Crippen LogP contribution in [0.4, 0.5) is 0 Å². The number of ether oxygens (including phenoxy) is 2. The van der Waals surface area contributed by atoms with Crippen LogP contribution in [0.15, 0.2) is 59.5 Å². The second kappa shape index (κ2) is 6.39. The fourth-order valence-electron chi connectivity index (χ4n) is 2.16. The molecular weight excluding hydrogens is 318 g/mol. The molecule has 120 valence electrons. The van der Waals surface area contributed by atoms with Gasteiger partial charge in [0.2, 0.25) is 10.0 Å². The Morgan fingerprint density at radius 2 is 1.65 bits per heavy atom. The van der Waals surface area contributed by atoms with Gasteiger partial charge in [-0.05, 0) is 36.4 Å². The summed E-state index contributed by atoms with van der Waals surface area (Å²) in [4.78, 5) is 11.1. The smallest absolute Gasteiger partial charge is 0.307 e. The van der Waals surface area contributed by atoms with Crippen LogP contribution in [0.2, 0.25) is 0 Å². The Morgan fingerprint density at radius 3 is 2.26 bits per heavy atom. The second-order valence-corrected chi connectivity index (χ2v) is 6.74. The molecule has 0 bridgehead atoms. The van der Waals surface area contributed by atoms with Crippen LogP contribution in [0.1, 0.15) is 12.8 Å². The normalized spacial score (nSPS) is 17.7. The number of benzene rings is 2. The Balaban J connectivity index is 1.69. The number of carbonyl (C=O) groups excluding carboxylic acids is 1. The average molecular weight is 333 g/mol. The molecule has 3 rings (SSSR count). The zero-order valence-electron chi connectivity index (χ0n) is 12.1. The number of rotatable bonds is 5. The van der Waals surface area contributed by atoms with E-state index in [0.29, 0.717) is 17.9 Å². The van der Waals surface area contributed by atoms with Crippen molar-refractivity contribution in [3.05, 3.63) is 54.6 Å². The van der Waals surface area contributed by atoms with Gasteiger partial charge in [0.25, 0.3) is 0 Å². The van der Waals surface area contributed by atoms with Crippen molar-refractivity contribution in [2.24, 2.45) is 0 Å². The zero-order chi connectivity index (χ0) is 16.3. The molecule has 1 atom stereocenters. The van der Waals surface area contributed by atoms with Gasteiger partial charge in [0.05, 0.1) is 11.3 Å². The van der Waals surface area contributed by atoms with Gasteiger partial charge < -0.3 is 9.47 Å². The number of esters is 1. The predicted molar refractivity (Wildman–Crippen MR) is 82.4 cm³/mol. The first-order valence-corrected chi connectivity index (χ1v) is 8.56. The van der Waals surface area contributed by atoms with Crippen molar-refractivity contribution in [3.8, 4) is 11.5 Å². The first-order valence-electron chi connectivity index (χ1n) is 7.08. The molecule has 0 amide bonds. The van der Waals surface area contributed by atoms with E-state index >= 15 is 0 Å². The third-order valence-electron chi connectivity index (χ3n) is 3.28. The van der Waals surface area contributed by atoms with Crippen LogP contribution in [-0.4, -0.2) is 20.6 Å². The van der Waals surface area contributed by atoms with Crippen molar-refractivity contribution in [1.29, 1.82) is 0 Å². The molecule has 2 aromatic rings. The highest BCUT2D eigenvalue weighted by molar-refractivity contribution is 7.89. The molecule has 2 aromatic carbocycles. The Bertz CT molecular complexity index is 787. The summed E-state index contributed by atoms with van der Waals surface area (Å²) in [5.74, 6) is 0.797. The molecule has 7 heteroatoms. The van der Waals surface area contributed by atoms with Gasteiger partial charge in [-0.25, -0.2) is 8.42 Å². The maximum atomic E-state index is 12.2. The summed E-state index contributed by atoms with van der Waals surface area (Å²) in [6.45, 7) is 0. The highest BCUT2D eigenvalue weighted by atomic mass is 32.2. The number of carbonyl (C=O) groups is 1. The molecule has 1 unspecified atom stereocenters. The second-order valence-electron chi connectivity index (χ2n) is 5.02. The van der Waals surface area contributed by atoms with E-state index < -0.39 is 22.2 Å². The first-order chi connectivity index (χ1) is 11.0. The number of para-hydroxylation sites is 1. The highest BCUT2D eigenvalue weighted by Crippen LogP contribution is 2.23. The van der Waals surface area contributed by atoms with Gasteiger partial charge in [0.1, 0.15) is 11.5 Å². The average Bonchev–Trinajstić information content (AvgIpc) is 2.93. The van der Waals surface area contributed by atoms with Crippen LogP contribution in [0.25, 0.3) is 0 Å². The summed E-state index contributed by atoms with van der Waals surface area (Å²) >= 11 is 0. The quantitative estimate of drug-likeness (QED) is 0.850. The summed E-state index contributed by atoms with van der Waals surface area (Å²) < 4.78 is 37.3. The number of hydrogen-bond acceptors (Lipinski definition) is 5. The van der Waals surface area contributed by atoms with E-state index in [0.717, 1.165) is 0 Å². The lowest BCUT2D eigenvalue weighted by atomic mass is 10.3. The molecule has 0 saturated carbocycles. The lowest BCUT2D eigenvalue weighted by Gasteiger charge is -2.12. The molecule has 1 heterocycles. The molecule has 1 fully saturated rings. The van der Waals surface area contributed by atoms with E-state index in [2.05, 4.69) is 4.72 Å². The molecule has 1 N–H and O–H groups in total. The van der Waals surface area contributed by atoms with E-state index in [4.69, 9.17) is 9.47 Å². The van der Waals surface area contributed by atoms with Gasteiger partial charge >= 0.3 is 5.97 Å². The van der Waals surface area contributed by atoms with E-state index in [1.54, 1.807) is 24.3 Å². The zero-order valence-corrected chi connectivity index (χ0v) is 13.0. The third kappa shape index (κ3) is 3.88. The molecular formula is C16H15NO5S. The molecule has 23 heavy (non-hydrogen) atoms. The number of cyclic esters (lactones) is 1. The number of hydrogen-bond donors (Lipinski definition) is 1. The van der Waals surface area contributed by atoms with Gasteiger partial charge in [0, 0.05) is 6.42 Å². The molecule has 0 spiro atoms. The number of nitrogens with one attached hydrogen (secondary N) is 1. The van der Waals surface area contributed by atoms with Crippen molar-refractivity contribution in [2.45, 2.75) is 24.0 Å².